The molecule has 1 unspecified atom stereocenters. The van der Waals surface area contributed by atoms with Gasteiger partial charge in [-0.1, -0.05) is 42.5 Å². The molecule has 30 heavy (non-hydrogen) atoms. The van der Waals surface area contributed by atoms with E-state index in [4.69, 9.17) is 4.74 Å². The van der Waals surface area contributed by atoms with Crippen molar-refractivity contribution in [2.24, 2.45) is 5.92 Å². The van der Waals surface area contributed by atoms with Crippen LogP contribution in [0, 0.1) is 17.2 Å². The Kier molecular flexibility index (Phi) is 5.44. The summed E-state index contributed by atoms with van der Waals surface area (Å²) in [6, 6.07) is 25.5. The van der Waals surface area contributed by atoms with Gasteiger partial charge in [0.1, 0.15) is 11.8 Å². The molecule has 0 saturated carbocycles. The quantitative estimate of drug-likeness (QED) is 0.694. The van der Waals surface area contributed by atoms with Crippen molar-refractivity contribution in [3.05, 3.63) is 84.4 Å². The molecule has 1 atom stereocenters. The third kappa shape index (κ3) is 4.01. The Morgan fingerprint density at radius 3 is 2.50 bits per heavy atom. The molecule has 0 radical (unpaired) electrons. The first-order valence-electron chi connectivity index (χ1n) is 9.58. The summed E-state index contributed by atoms with van der Waals surface area (Å²) in [4.78, 5) is 27.0. The van der Waals surface area contributed by atoms with Crippen LogP contribution in [0.25, 0.3) is 0 Å². The Morgan fingerprint density at radius 2 is 1.70 bits per heavy atom. The van der Waals surface area contributed by atoms with E-state index in [0.717, 1.165) is 0 Å². The lowest BCUT2D eigenvalue weighted by molar-refractivity contribution is -0.122. The van der Waals surface area contributed by atoms with Crippen molar-refractivity contribution in [3.63, 3.8) is 0 Å². The van der Waals surface area contributed by atoms with E-state index in [1.54, 1.807) is 41.3 Å². The highest BCUT2D eigenvalue weighted by molar-refractivity contribution is 6.04. The number of amides is 2. The Labute approximate surface area is 174 Å². The van der Waals surface area contributed by atoms with Crippen molar-refractivity contribution >= 4 is 23.2 Å². The van der Waals surface area contributed by atoms with Crippen molar-refractivity contribution in [2.45, 2.75) is 6.42 Å². The monoisotopic (exact) mass is 397 g/mol. The topological polar surface area (TPSA) is 82.4 Å². The fourth-order valence-corrected chi connectivity index (χ4v) is 3.42. The van der Waals surface area contributed by atoms with E-state index in [1.165, 1.54) is 0 Å². The number of carbonyl (C=O) groups is 2. The minimum absolute atomic E-state index is 0.0974. The van der Waals surface area contributed by atoms with E-state index in [9.17, 15) is 14.9 Å². The summed E-state index contributed by atoms with van der Waals surface area (Å²) in [5.74, 6) is 0.267. The second-order valence-corrected chi connectivity index (χ2v) is 6.93. The van der Waals surface area contributed by atoms with E-state index in [2.05, 4.69) is 11.4 Å². The zero-order valence-corrected chi connectivity index (χ0v) is 16.1. The number of anilines is 2. The molecule has 0 spiro atoms. The third-order valence-electron chi connectivity index (χ3n) is 4.93. The van der Waals surface area contributed by atoms with Crippen molar-refractivity contribution in [1.82, 2.24) is 0 Å². The Morgan fingerprint density at radius 1 is 1.00 bits per heavy atom. The van der Waals surface area contributed by atoms with Gasteiger partial charge in [0.05, 0.1) is 22.9 Å². The number of rotatable bonds is 5. The molecule has 4 rings (SSSR count). The lowest BCUT2D eigenvalue weighted by atomic mass is 10.1. The molecule has 1 fully saturated rings. The molecule has 2 amide bonds. The molecular weight excluding hydrogens is 378 g/mol. The molecule has 1 aliphatic heterocycles. The predicted octanol–water partition coefficient (Wildman–Crippen LogP) is 4.34. The number of hydrogen-bond acceptors (Lipinski definition) is 4. The number of nitriles is 1. The first-order chi connectivity index (χ1) is 14.7. The fraction of sp³-hybridized carbons (Fsp3) is 0.125. The maximum absolute atomic E-state index is 12.8. The molecule has 1 heterocycles. The summed E-state index contributed by atoms with van der Waals surface area (Å²) < 4.78 is 5.96. The molecule has 0 aliphatic carbocycles. The summed E-state index contributed by atoms with van der Waals surface area (Å²) in [5.41, 5.74) is 1.46. The van der Waals surface area contributed by atoms with Gasteiger partial charge < -0.3 is 15.0 Å². The summed E-state index contributed by atoms with van der Waals surface area (Å²) >= 11 is 0. The van der Waals surface area contributed by atoms with E-state index in [1.807, 2.05) is 42.5 Å². The SMILES string of the molecule is N#Cc1ccccc1NC(=O)C1CC(=O)N(c2ccccc2Oc2ccccc2)C1. The van der Waals surface area contributed by atoms with Gasteiger partial charge in [0.15, 0.2) is 5.75 Å². The van der Waals surface area contributed by atoms with Crippen LogP contribution in [-0.4, -0.2) is 18.4 Å². The van der Waals surface area contributed by atoms with E-state index in [-0.39, 0.29) is 24.8 Å². The molecule has 0 aromatic heterocycles. The highest BCUT2D eigenvalue weighted by Crippen LogP contribution is 2.36. The molecule has 6 nitrogen and oxygen atoms in total. The van der Waals surface area contributed by atoms with Crippen molar-refractivity contribution in [2.75, 3.05) is 16.8 Å². The predicted molar refractivity (Wildman–Crippen MR) is 113 cm³/mol. The Balaban J connectivity index is 1.52. The van der Waals surface area contributed by atoms with E-state index >= 15 is 0 Å². The maximum atomic E-state index is 12.8. The van der Waals surface area contributed by atoms with E-state index in [0.29, 0.717) is 28.4 Å². The van der Waals surface area contributed by atoms with Crippen molar-refractivity contribution in [3.8, 4) is 17.6 Å². The molecule has 3 aromatic carbocycles. The molecular formula is C24H19N3O3. The number of hydrogen-bond donors (Lipinski definition) is 1. The molecule has 148 valence electrons. The average Bonchev–Trinajstić information content (AvgIpc) is 3.17. The number of para-hydroxylation sites is 4. The number of carbonyl (C=O) groups excluding carboxylic acids is 2. The number of nitrogens with one attached hydrogen (secondary N) is 1. The van der Waals surface area contributed by atoms with Gasteiger partial charge >= 0.3 is 0 Å². The van der Waals surface area contributed by atoms with Crippen LogP contribution in [0.1, 0.15) is 12.0 Å². The van der Waals surface area contributed by atoms with Crippen LogP contribution in [0.5, 0.6) is 11.5 Å². The van der Waals surface area contributed by atoms with Gasteiger partial charge in [0.2, 0.25) is 11.8 Å². The maximum Gasteiger partial charge on any atom is 0.229 e. The van der Waals surface area contributed by atoms with Crippen LogP contribution in [0.15, 0.2) is 78.9 Å². The third-order valence-corrected chi connectivity index (χ3v) is 4.93. The van der Waals surface area contributed by atoms with Crippen molar-refractivity contribution in [1.29, 1.82) is 5.26 Å². The van der Waals surface area contributed by atoms with Gasteiger partial charge in [-0.05, 0) is 36.4 Å². The second-order valence-electron chi connectivity index (χ2n) is 6.93. The van der Waals surface area contributed by atoms with Crippen LogP contribution >= 0.6 is 0 Å². The first kappa shape index (κ1) is 19.2. The fourth-order valence-electron chi connectivity index (χ4n) is 3.42. The lowest BCUT2D eigenvalue weighted by Gasteiger charge is -2.20. The molecule has 0 bridgehead atoms. The Bertz CT molecular complexity index is 1120. The summed E-state index contributed by atoms with van der Waals surface area (Å²) in [6.45, 7) is 0.245. The van der Waals surface area contributed by atoms with Crippen LogP contribution in [0.3, 0.4) is 0 Å². The molecule has 1 N–H and O–H groups in total. The van der Waals surface area contributed by atoms with Crippen LogP contribution in [0.4, 0.5) is 11.4 Å². The van der Waals surface area contributed by atoms with Gasteiger partial charge in [-0.25, -0.2) is 0 Å². The lowest BCUT2D eigenvalue weighted by Crippen LogP contribution is -2.28. The molecule has 3 aromatic rings. The Hall–Kier alpha value is -4.11. The summed E-state index contributed by atoms with van der Waals surface area (Å²) in [5, 5.41) is 12.0. The summed E-state index contributed by atoms with van der Waals surface area (Å²) in [6.07, 6.45) is 0.0974. The smallest absolute Gasteiger partial charge is 0.229 e. The minimum atomic E-state index is -0.519. The van der Waals surface area contributed by atoms with Gasteiger partial charge in [-0.3, -0.25) is 9.59 Å². The van der Waals surface area contributed by atoms with Crippen LogP contribution in [0.2, 0.25) is 0 Å². The first-order valence-corrected chi connectivity index (χ1v) is 9.58. The average molecular weight is 397 g/mol. The molecule has 6 heteroatoms. The minimum Gasteiger partial charge on any atom is -0.455 e. The van der Waals surface area contributed by atoms with E-state index < -0.39 is 5.92 Å². The van der Waals surface area contributed by atoms with Gasteiger partial charge in [-0.15, -0.1) is 0 Å². The number of benzene rings is 3. The van der Waals surface area contributed by atoms with Gasteiger partial charge in [-0.2, -0.15) is 5.26 Å². The molecule has 1 aliphatic rings. The number of nitrogens with zero attached hydrogens (tertiary/aromatic N) is 2. The van der Waals surface area contributed by atoms with Gasteiger partial charge in [0.25, 0.3) is 0 Å². The standard InChI is InChI=1S/C24H19N3O3/c25-15-17-8-4-5-11-20(17)26-24(29)18-14-23(28)27(16-18)21-12-6-7-13-22(21)30-19-9-2-1-3-10-19/h1-13,18H,14,16H2,(H,26,29). The largest absolute Gasteiger partial charge is 0.455 e. The summed E-state index contributed by atoms with van der Waals surface area (Å²) in [7, 11) is 0. The second kappa shape index (κ2) is 8.50. The molecule has 1 saturated heterocycles. The normalized spacial score (nSPS) is 15.5. The van der Waals surface area contributed by atoms with Crippen molar-refractivity contribution < 1.29 is 14.3 Å². The highest BCUT2D eigenvalue weighted by atomic mass is 16.5. The van der Waals surface area contributed by atoms with Crippen LogP contribution in [-0.2, 0) is 9.59 Å². The highest BCUT2D eigenvalue weighted by Gasteiger charge is 2.36. The van der Waals surface area contributed by atoms with Gasteiger partial charge in [0, 0.05) is 13.0 Å². The zero-order valence-electron chi connectivity index (χ0n) is 16.1. The zero-order chi connectivity index (χ0) is 20.9. The number of ether oxygens (including phenoxy) is 1. The van der Waals surface area contributed by atoms with Crippen LogP contribution < -0.4 is 15.0 Å².